The molecule has 4 rings (SSSR count). The highest BCUT2D eigenvalue weighted by molar-refractivity contribution is 8.45. The number of aliphatic hydroxyl groups excluding tert-OH is 1. The van der Waals surface area contributed by atoms with Gasteiger partial charge >= 0.3 is 16.3 Å². The number of halogens is 5. The zero-order valence-electron chi connectivity index (χ0n) is 19.4. The molecule has 2 aromatic rings. The van der Waals surface area contributed by atoms with Gasteiger partial charge in [0.2, 0.25) is 0 Å². The fourth-order valence-electron chi connectivity index (χ4n) is 4.63. The minimum Gasteiger partial charge on any atom is -0.442 e. The lowest BCUT2D eigenvalue weighted by atomic mass is 9.98. The number of β-amino-alcohol motifs (C(OH)–C–C–N with tert-alkyl or cyclic N) is 1. The first-order valence-electron chi connectivity index (χ1n) is 11.8. The SMILES string of the molecule is O=C(NCC[C@H]1CCCN1)O[C@@H]1[C@@H](O)CN[C@@H]1Cc1ccc(-c2ccc(S(F)(F)(F)(F)F)cc2)cc1. The van der Waals surface area contributed by atoms with Crippen molar-refractivity contribution in [2.45, 2.75) is 54.9 Å². The van der Waals surface area contributed by atoms with Crippen LogP contribution in [-0.2, 0) is 11.2 Å². The zero-order chi connectivity index (χ0) is 26.0. The molecule has 2 heterocycles. The molecule has 0 aliphatic carbocycles. The normalized spacial score (nSPS) is 26.3. The third-order valence-corrected chi connectivity index (χ3v) is 7.74. The van der Waals surface area contributed by atoms with Gasteiger partial charge in [-0.25, -0.2) is 4.79 Å². The number of aliphatic hydroxyl groups is 1. The molecule has 12 heteroatoms. The lowest BCUT2D eigenvalue weighted by molar-refractivity contribution is 0.0189. The molecule has 0 bridgehead atoms. The Bertz CT molecular complexity index is 1060. The molecule has 0 unspecified atom stereocenters. The Morgan fingerprint density at radius 3 is 2.22 bits per heavy atom. The van der Waals surface area contributed by atoms with Gasteiger partial charge in [0.15, 0.2) is 0 Å². The van der Waals surface area contributed by atoms with Crippen LogP contribution in [0.15, 0.2) is 53.4 Å². The van der Waals surface area contributed by atoms with E-state index in [0.717, 1.165) is 43.5 Å². The van der Waals surface area contributed by atoms with Crippen LogP contribution in [-0.4, -0.2) is 55.1 Å². The highest BCUT2D eigenvalue weighted by atomic mass is 32.5. The second-order valence-electron chi connectivity index (χ2n) is 9.36. The molecule has 0 saturated carbocycles. The van der Waals surface area contributed by atoms with E-state index in [1.54, 1.807) is 24.3 Å². The molecule has 200 valence electrons. The molecular weight excluding hydrogens is 505 g/mol. The molecule has 4 atom stereocenters. The summed E-state index contributed by atoms with van der Waals surface area (Å²) in [7, 11) is -9.71. The first kappa shape index (κ1) is 26.6. The maximum Gasteiger partial charge on any atom is 0.407 e. The number of alkyl carbamates (subject to hydrolysis) is 1. The van der Waals surface area contributed by atoms with Crippen LogP contribution < -0.4 is 16.0 Å². The van der Waals surface area contributed by atoms with Crippen LogP contribution in [0.25, 0.3) is 11.1 Å². The summed E-state index contributed by atoms with van der Waals surface area (Å²) in [6, 6.07) is 9.75. The van der Waals surface area contributed by atoms with Gasteiger partial charge in [-0.15, -0.1) is 0 Å². The fourth-order valence-corrected chi connectivity index (χ4v) is 5.28. The van der Waals surface area contributed by atoms with Crippen LogP contribution in [0.2, 0.25) is 0 Å². The van der Waals surface area contributed by atoms with Crippen molar-refractivity contribution in [1.82, 2.24) is 16.0 Å². The molecule has 2 aliphatic rings. The summed E-state index contributed by atoms with van der Waals surface area (Å²) >= 11 is 0. The quantitative estimate of drug-likeness (QED) is 0.353. The van der Waals surface area contributed by atoms with Crippen molar-refractivity contribution in [1.29, 1.82) is 0 Å². The first-order valence-corrected chi connectivity index (χ1v) is 13.8. The van der Waals surface area contributed by atoms with Crippen molar-refractivity contribution in [3.8, 4) is 11.1 Å². The van der Waals surface area contributed by atoms with Gasteiger partial charge in [-0.1, -0.05) is 55.8 Å². The highest BCUT2D eigenvalue weighted by Gasteiger charge is 2.65. The van der Waals surface area contributed by atoms with Gasteiger partial charge < -0.3 is 25.8 Å². The van der Waals surface area contributed by atoms with E-state index in [1.165, 1.54) is 0 Å². The third kappa shape index (κ3) is 6.87. The van der Waals surface area contributed by atoms with Gasteiger partial charge in [0, 0.05) is 19.1 Å². The fraction of sp³-hybridized carbons (Fsp3) is 0.458. The molecule has 1 amide bonds. The second kappa shape index (κ2) is 9.47. The van der Waals surface area contributed by atoms with Crippen molar-refractivity contribution >= 4 is 16.3 Å². The maximum atomic E-state index is 12.9. The number of carbonyl (C=O) groups is 1. The predicted octanol–water partition coefficient (Wildman–Crippen LogP) is 5.12. The number of carbonyl (C=O) groups excluding carboxylic acids is 1. The topological polar surface area (TPSA) is 82.6 Å². The van der Waals surface area contributed by atoms with Crippen molar-refractivity contribution in [2.24, 2.45) is 0 Å². The maximum absolute atomic E-state index is 12.9. The van der Waals surface area contributed by atoms with Crippen LogP contribution >= 0.6 is 10.2 Å². The van der Waals surface area contributed by atoms with Crippen molar-refractivity contribution < 1.29 is 34.1 Å². The van der Waals surface area contributed by atoms with E-state index in [2.05, 4.69) is 16.0 Å². The summed E-state index contributed by atoms with van der Waals surface area (Å²) in [4.78, 5) is 10.3. The van der Waals surface area contributed by atoms with Gasteiger partial charge in [-0.2, -0.15) is 0 Å². The van der Waals surface area contributed by atoms with E-state index >= 15 is 0 Å². The Hall–Kier alpha value is -2.41. The summed E-state index contributed by atoms with van der Waals surface area (Å²) < 4.78 is 70.1. The van der Waals surface area contributed by atoms with E-state index in [0.29, 0.717) is 42.3 Å². The van der Waals surface area contributed by atoms with Crippen LogP contribution in [0.1, 0.15) is 24.8 Å². The zero-order valence-corrected chi connectivity index (χ0v) is 20.3. The number of hydrogen-bond donors (Lipinski definition) is 4. The Labute approximate surface area is 206 Å². The Balaban J connectivity index is 1.33. The minimum absolute atomic E-state index is 0.269. The van der Waals surface area contributed by atoms with E-state index in [1.807, 2.05) is 0 Å². The van der Waals surface area contributed by atoms with Crippen LogP contribution in [0.5, 0.6) is 0 Å². The first-order chi connectivity index (χ1) is 16.8. The summed E-state index contributed by atoms with van der Waals surface area (Å²) in [6.45, 7) is 1.73. The molecular formula is C24H30F5N3O3S. The molecule has 4 N–H and O–H groups in total. The van der Waals surface area contributed by atoms with Gasteiger partial charge in [0.1, 0.15) is 17.1 Å². The summed E-state index contributed by atoms with van der Waals surface area (Å²) in [5.74, 6) is 0. The summed E-state index contributed by atoms with van der Waals surface area (Å²) in [5.41, 5.74) is 1.78. The number of hydrogen-bond acceptors (Lipinski definition) is 5. The van der Waals surface area contributed by atoms with Crippen LogP contribution in [0, 0.1) is 0 Å². The van der Waals surface area contributed by atoms with Gasteiger partial charge in [-0.3, -0.25) is 0 Å². The smallest absolute Gasteiger partial charge is 0.407 e. The van der Waals surface area contributed by atoms with Crippen LogP contribution in [0.4, 0.5) is 24.2 Å². The average Bonchev–Trinajstić information content (AvgIpc) is 3.44. The van der Waals surface area contributed by atoms with Gasteiger partial charge in [0.05, 0.1) is 6.04 Å². The molecule has 0 spiro atoms. The molecule has 0 radical (unpaired) electrons. The van der Waals surface area contributed by atoms with E-state index < -0.39 is 33.4 Å². The lowest BCUT2D eigenvalue weighted by Crippen LogP contribution is -2.42. The molecule has 2 fully saturated rings. The molecule has 2 saturated heterocycles. The van der Waals surface area contributed by atoms with Crippen molar-refractivity contribution in [3.05, 3.63) is 54.1 Å². The van der Waals surface area contributed by atoms with E-state index in [9.17, 15) is 29.3 Å². The number of amides is 1. The molecule has 2 aliphatic heterocycles. The van der Waals surface area contributed by atoms with Gasteiger partial charge in [0.25, 0.3) is 0 Å². The van der Waals surface area contributed by atoms with Gasteiger partial charge in [-0.05, 0) is 61.1 Å². The van der Waals surface area contributed by atoms with Crippen LogP contribution in [0.3, 0.4) is 0 Å². The minimum atomic E-state index is -9.71. The monoisotopic (exact) mass is 535 g/mol. The highest BCUT2D eigenvalue weighted by Crippen LogP contribution is 3.02. The third-order valence-electron chi connectivity index (χ3n) is 6.58. The lowest BCUT2D eigenvalue weighted by Gasteiger charge is -2.40. The summed E-state index contributed by atoms with van der Waals surface area (Å²) in [5, 5.41) is 19.5. The second-order valence-corrected chi connectivity index (χ2v) is 11.8. The van der Waals surface area contributed by atoms with E-state index in [-0.39, 0.29) is 12.6 Å². The molecule has 6 nitrogen and oxygen atoms in total. The van der Waals surface area contributed by atoms with Crippen molar-refractivity contribution in [2.75, 3.05) is 19.6 Å². The van der Waals surface area contributed by atoms with E-state index in [4.69, 9.17) is 4.74 Å². The standard InChI is InChI=1S/C24H30F5N3O3S/c25-36(26,27,28,29)20-9-7-18(8-10-20)17-5-3-16(4-6-17)14-21-23(22(33)15-32-21)35-24(34)31-13-11-19-2-1-12-30-19/h3-10,19,21-23,30,32-33H,1-2,11-15H2,(H,31,34)/t19-,21-,22+,23+/m1/s1. The summed E-state index contributed by atoms with van der Waals surface area (Å²) in [6.07, 6.45) is 1.26. The average molecular weight is 536 g/mol. The largest absolute Gasteiger partial charge is 0.442 e. The number of benzene rings is 2. The predicted molar refractivity (Wildman–Crippen MR) is 129 cm³/mol. The molecule has 2 aromatic carbocycles. The number of rotatable bonds is 8. The Morgan fingerprint density at radius 2 is 1.64 bits per heavy atom. The Morgan fingerprint density at radius 1 is 1.00 bits per heavy atom. The molecule has 36 heavy (non-hydrogen) atoms. The number of ether oxygens (including phenoxy) is 1. The van der Waals surface area contributed by atoms with Crippen molar-refractivity contribution in [3.63, 3.8) is 0 Å². The molecule has 0 aromatic heterocycles. The number of nitrogens with one attached hydrogen (secondary N) is 3. The Kier molecular flexibility index (Phi) is 7.01.